The molecule has 1 amide bonds. The summed E-state index contributed by atoms with van der Waals surface area (Å²) in [5, 5.41) is 11.3. The summed E-state index contributed by atoms with van der Waals surface area (Å²) < 4.78 is 2.39. The highest BCUT2D eigenvalue weighted by molar-refractivity contribution is 9.10. The minimum absolute atomic E-state index is 0.404. The second kappa shape index (κ2) is 4.29. The summed E-state index contributed by atoms with van der Waals surface area (Å²) in [6.07, 6.45) is 1.72. The number of nitrogens with zero attached hydrogens (tertiary/aromatic N) is 1. The van der Waals surface area contributed by atoms with Crippen molar-refractivity contribution in [3.63, 3.8) is 0 Å². The molecule has 5 nitrogen and oxygen atoms in total. The average molecular weight is 289 g/mol. The fourth-order valence-electron chi connectivity index (χ4n) is 1.15. The fourth-order valence-corrected chi connectivity index (χ4v) is 1.68. The van der Waals surface area contributed by atoms with Gasteiger partial charge in [0.1, 0.15) is 11.2 Å². The average Bonchev–Trinajstić information content (AvgIpc) is 2.44. The molecule has 0 saturated carbocycles. The van der Waals surface area contributed by atoms with Crippen LogP contribution in [0, 0.1) is 0 Å². The first-order valence-corrected chi connectivity index (χ1v) is 5.41. The van der Waals surface area contributed by atoms with Crippen LogP contribution in [0.2, 0.25) is 0 Å². The molecule has 6 heteroatoms. The predicted molar refractivity (Wildman–Crippen MR) is 62.3 cm³/mol. The summed E-state index contributed by atoms with van der Waals surface area (Å²) in [5.74, 6) is -1.49. The van der Waals surface area contributed by atoms with Gasteiger partial charge in [-0.25, -0.2) is 4.79 Å². The number of aliphatic carboxylic acids is 1. The van der Waals surface area contributed by atoms with E-state index in [-0.39, 0.29) is 0 Å². The van der Waals surface area contributed by atoms with Gasteiger partial charge in [0.15, 0.2) is 0 Å². The number of aromatic nitrogens is 1. The number of amides is 1. The van der Waals surface area contributed by atoms with Gasteiger partial charge in [-0.2, -0.15) is 0 Å². The Labute approximate surface area is 102 Å². The van der Waals surface area contributed by atoms with Gasteiger partial charge < -0.3 is 15.0 Å². The highest BCUT2D eigenvalue weighted by atomic mass is 79.9. The lowest BCUT2D eigenvalue weighted by Gasteiger charge is -2.20. The van der Waals surface area contributed by atoms with Crippen LogP contribution in [0.3, 0.4) is 0 Å². The molecule has 0 spiro atoms. The lowest BCUT2D eigenvalue weighted by molar-refractivity contribution is -0.143. The van der Waals surface area contributed by atoms with E-state index in [9.17, 15) is 9.59 Å². The quantitative estimate of drug-likeness (QED) is 0.883. The van der Waals surface area contributed by atoms with Gasteiger partial charge in [-0.15, -0.1) is 0 Å². The lowest BCUT2D eigenvalue weighted by Crippen LogP contribution is -2.50. The molecule has 0 bridgehead atoms. The molecule has 16 heavy (non-hydrogen) atoms. The van der Waals surface area contributed by atoms with Crippen LogP contribution in [-0.2, 0) is 11.8 Å². The number of halogens is 1. The van der Waals surface area contributed by atoms with Crippen molar-refractivity contribution in [2.75, 3.05) is 0 Å². The molecule has 1 heterocycles. The molecule has 88 valence electrons. The van der Waals surface area contributed by atoms with Crippen molar-refractivity contribution in [1.82, 2.24) is 9.88 Å². The third-order valence-corrected chi connectivity index (χ3v) is 2.60. The van der Waals surface area contributed by atoms with E-state index in [0.29, 0.717) is 5.69 Å². The standard InChI is InChI=1S/C10H13BrN2O3/c1-10(2,9(15)16)12-8(14)7-4-6(11)5-13(7)3/h4-5H,1-3H3,(H,12,14)(H,15,16). The Bertz CT molecular complexity index is 437. The Hall–Kier alpha value is -1.30. The Balaban J connectivity index is 2.89. The highest BCUT2D eigenvalue weighted by Gasteiger charge is 2.30. The van der Waals surface area contributed by atoms with E-state index in [4.69, 9.17) is 5.11 Å². The number of hydrogen-bond acceptors (Lipinski definition) is 2. The van der Waals surface area contributed by atoms with E-state index >= 15 is 0 Å². The number of carbonyl (C=O) groups excluding carboxylic acids is 1. The highest BCUT2D eigenvalue weighted by Crippen LogP contribution is 2.14. The smallest absolute Gasteiger partial charge is 0.328 e. The molecule has 0 atom stereocenters. The van der Waals surface area contributed by atoms with Crippen LogP contribution in [0.4, 0.5) is 0 Å². The van der Waals surface area contributed by atoms with Crippen molar-refractivity contribution in [3.05, 3.63) is 22.4 Å². The molecule has 2 N–H and O–H groups in total. The van der Waals surface area contributed by atoms with Gasteiger partial charge in [-0.05, 0) is 35.8 Å². The maximum Gasteiger partial charge on any atom is 0.328 e. The first-order valence-electron chi connectivity index (χ1n) is 4.62. The van der Waals surface area contributed by atoms with Gasteiger partial charge in [0.05, 0.1) is 0 Å². The number of nitrogens with one attached hydrogen (secondary N) is 1. The maximum atomic E-state index is 11.8. The molecule has 1 aromatic heterocycles. The lowest BCUT2D eigenvalue weighted by atomic mass is 10.1. The van der Waals surface area contributed by atoms with Gasteiger partial charge in [0, 0.05) is 17.7 Å². The van der Waals surface area contributed by atoms with E-state index in [1.54, 1.807) is 23.9 Å². The molecule has 0 saturated heterocycles. The number of carbonyl (C=O) groups is 2. The van der Waals surface area contributed by atoms with Gasteiger partial charge in [0.2, 0.25) is 0 Å². The first kappa shape index (κ1) is 12.8. The van der Waals surface area contributed by atoms with Crippen LogP contribution in [0.5, 0.6) is 0 Å². The van der Waals surface area contributed by atoms with Crippen molar-refractivity contribution >= 4 is 27.8 Å². The summed E-state index contributed by atoms with van der Waals surface area (Å²) in [4.78, 5) is 22.6. The van der Waals surface area contributed by atoms with Crippen LogP contribution in [0.1, 0.15) is 24.3 Å². The molecule has 0 fully saturated rings. The third-order valence-electron chi connectivity index (χ3n) is 2.16. The number of hydrogen-bond donors (Lipinski definition) is 2. The summed E-state index contributed by atoms with van der Waals surface area (Å²) in [7, 11) is 1.72. The van der Waals surface area contributed by atoms with Gasteiger partial charge in [0.25, 0.3) is 5.91 Å². The van der Waals surface area contributed by atoms with E-state index in [1.165, 1.54) is 13.8 Å². The second-order valence-electron chi connectivity index (χ2n) is 4.04. The van der Waals surface area contributed by atoms with Crippen molar-refractivity contribution in [2.45, 2.75) is 19.4 Å². The number of carboxylic acids is 1. The minimum atomic E-state index is -1.28. The van der Waals surface area contributed by atoms with E-state index in [2.05, 4.69) is 21.2 Å². The summed E-state index contributed by atoms with van der Waals surface area (Å²) in [5.41, 5.74) is -0.880. The minimum Gasteiger partial charge on any atom is -0.480 e. The zero-order valence-corrected chi connectivity index (χ0v) is 10.8. The molecule has 1 aromatic rings. The monoisotopic (exact) mass is 288 g/mol. The van der Waals surface area contributed by atoms with E-state index in [0.717, 1.165) is 4.47 Å². The van der Waals surface area contributed by atoms with Crippen molar-refractivity contribution in [2.24, 2.45) is 7.05 Å². The normalized spacial score (nSPS) is 11.2. The topological polar surface area (TPSA) is 71.3 Å². The van der Waals surface area contributed by atoms with E-state index < -0.39 is 17.4 Å². The SMILES string of the molecule is Cn1cc(Br)cc1C(=O)NC(C)(C)C(=O)O. The summed E-state index contributed by atoms with van der Waals surface area (Å²) in [6.45, 7) is 2.87. The number of carboxylic acid groups (broad SMARTS) is 1. The zero-order chi connectivity index (χ0) is 12.5. The molecular formula is C10H13BrN2O3. The first-order chi connectivity index (χ1) is 7.24. The molecule has 0 aliphatic heterocycles. The fraction of sp³-hybridized carbons (Fsp3) is 0.400. The molecule has 0 aliphatic rings. The molecule has 1 rings (SSSR count). The number of rotatable bonds is 3. The Kier molecular flexibility index (Phi) is 3.42. The van der Waals surface area contributed by atoms with Crippen LogP contribution in [0.15, 0.2) is 16.7 Å². The largest absolute Gasteiger partial charge is 0.480 e. The molecule has 0 unspecified atom stereocenters. The van der Waals surface area contributed by atoms with Crippen molar-refractivity contribution in [3.8, 4) is 0 Å². The Morgan fingerprint density at radius 2 is 2.06 bits per heavy atom. The van der Waals surface area contributed by atoms with Gasteiger partial charge in [-0.1, -0.05) is 0 Å². The summed E-state index contributed by atoms with van der Waals surface area (Å²) in [6, 6.07) is 1.63. The molecule has 0 aliphatic carbocycles. The van der Waals surface area contributed by atoms with Crippen molar-refractivity contribution in [1.29, 1.82) is 0 Å². The predicted octanol–water partition coefficient (Wildman–Crippen LogP) is 1.38. The Morgan fingerprint density at radius 3 is 2.44 bits per heavy atom. The summed E-state index contributed by atoms with van der Waals surface area (Å²) >= 11 is 3.24. The number of aryl methyl sites for hydroxylation is 1. The van der Waals surface area contributed by atoms with Crippen LogP contribution >= 0.6 is 15.9 Å². The van der Waals surface area contributed by atoms with Crippen LogP contribution in [0.25, 0.3) is 0 Å². The molecule has 0 aromatic carbocycles. The van der Waals surface area contributed by atoms with Gasteiger partial charge in [-0.3, -0.25) is 4.79 Å². The van der Waals surface area contributed by atoms with Crippen LogP contribution < -0.4 is 5.32 Å². The van der Waals surface area contributed by atoms with E-state index in [1.807, 2.05) is 0 Å². The molecule has 0 radical (unpaired) electrons. The Morgan fingerprint density at radius 1 is 1.50 bits per heavy atom. The van der Waals surface area contributed by atoms with Crippen molar-refractivity contribution < 1.29 is 14.7 Å². The zero-order valence-electron chi connectivity index (χ0n) is 9.24. The van der Waals surface area contributed by atoms with Gasteiger partial charge >= 0.3 is 5.97 Å². The maximum absolute atomic E-state index is 11.8. The second-order valence-corrected chi connectivity index (χ2v) is 4.95. The van der Waals surface area contributed by atoms with Crippen LogP contribution in [-0.4, -0.2) is 27.1 Å². The molecular weight excluding hydrogens is 276 g/mol. The third kappa shape index (κ3) is 2.63.